The van der Waals surface area contributed by atoms with Crippen molar-refractivity contribution in [2.24, 2.45) is 0 Å². The van der Waals surface area contributed by atoms with Crippen LogP contribution in [0.25, 0.3) is 11.1 Å². The number of carboxylic acids is 1. The van der Waals surface area contributed by atoms with Crippen molar-refractivity contribution in [1.82, 2.24) is 4.57 Å². The van der Waals surface area contributed by atoms with Crippen LogP contribution in [0.2, 0.25) is 5.02 Å². The van der Waals surface area contributed by atoms with Crippen LogP contribution in [0.1, 0.15) is 16.9 Å². The van der Waals surface area contributed by atoms with E-state index >= 15 is 0 Å². The molecule has 8 nitrogen and oxygen atoms in total. The second kappa shape index (κ2) is 11.0. The normalized spacial score (nSPS) is 17.1. The number of aliphatic hydroxyl groups excluding tert-OH is 1. The molecule has 38 heavy (non-hydrogen) atoms. The van der Waals surface area contributed by atoms with Gasteiger partial charge in [-0.05, 0) is 42.3 Å². The van der Waals surface area contributed by atoms with Gasteiger partial charge in [0.1, 0.15) is 11.4 Å². The van der Waals surface area contributed by atoms with Crippen LogP contribution >= 0.6 is 11.6 Å². The molecule has 1 atom stereocenters. The van der Waals surface area contributed by atoms with Crippen LogP contribution in [0, 0.1) is 0 Å². The highest BCUT2D eigenvalue weighted by Crippen LogP contribution is 2.36. The second-order valence-corrected chi connectivity index (χ2v) is 9.26. The number of aromatic nitrogens is 1. The Bertz CT molecular complexity index is 1330. The number of aliphatic carboxylic acids is 1. The van der Waals surface area contributed by atoms with E-state index in [-0.39, 0.29) is 12.0 Å². The zero-order valence-electron chi connectivity index (χ0n) is 20.3. The van der Waals surface area contributed by atoms with Gasteiger partial charge in [0.2, 0.25) is 0 Å². The number of methoxy groups -OCH3 is 1. The average molecular weight is 552 g/mol. The lowest BCUT2D eigenvalue weighted by atomic mass is 10.1. The highest BCUT2D eigenvalue weighted by molar-refractivity contribution is 6.30. The van der Waals surface area contributed by atoms with Crippen molar-refractivity contribution >= 4 is 34.9 Å². The van der Waals surface area contributed by atoms with Crippen LogP contribution < -0.4 is 14.5 Å². The Morgan fingerprint density at radius 3 is 2.32 bits per heavy atom. The minimum Gasteiger partial charge on any atom is -0.495 e. The van der Waals surface area contributed by atoms with Crippen molar-refractivity contribution in [1.29, 1.82) is 0 Å². The molecular weight excluding hydrogens is 527 g/mol. The number of β-amino-alcohol motifs (C(OH)–C–C–N with tert-alkyl or cyclic N) is 1. The summed E-state index contributed by atoms with van der Waals surface area (Å²) in [6.07, 6.45) is -2.62. The van der Waals surface area contributed by atoms with Gasteiger partial charge in [0.25, 0.3) is 5.91 Å². The Kier molecular flexibility index (Phi) is 7.89. The molecule has 202 valence electrons. The van der Waals surface area contributed by atoms with Crippen LogP contribution in [0.15, 0.2) is 54.7 Å². The molecule has 3 heterocycles. The number of ether oxygens (including phenoxy) is 1. The number of benzene rings is 2. The van der Waals surface area contributed by atoms with E-state index in [1.54, 1.807) is 12.0 Å². The summed E-state index contributed by atoms with van der Waals surface area (Å²) in [5.41, 5.74) is 4.46. The van der Waals surface area contributed by atoms with Gasteiger partial charge in [0.05, 0.1) is 18.9 Å². The van der Waals surface area contributed by atoms with Crippen molar-refractivity contribution < 1.29 is 37.7 Å². The number of fused-ring (bicyclic) bond motifs is 1. The van der Waals surface area contributed by atoms with E-state index in [1.807, 2.05) is 59.3 Å². The zero-order valence-corrected chi connectivity index (χ0v) is 21.0. The number of alkyl halides is 3. The summed E-state index contributed by atoms with van der Waals surface area (Å²) in [5, 5.41) is 17.7. The Balaban J connectivity index is 0.000000426. The number of carbonyl (C=O) groups excluding carboxylic acids is 1. The van der Waals surface area contributed by atoms with E-state index in [1.165, 1.54) is 0 Å². The monoisotopic (exact) mass is 551 g/mol. The molecule has 3 aromatic rings. The van der Waals surface area contributed by atoms with E-state index in [0.717, 1.165) is 42.0 Å². The highest BCUT2D eigenvalue weighted by Gasteiger charge is 2.38. The van der Waals surface area contributed by atoms with Gasteiger partial charge in [-0.1, -0.05) is 23.7 Å². The van der Waals surface area contributed by atoms with Crippen LogP contribution in [0.3, 0.4) is 0 Å². The first kappa shape index (κ1) is 27.3. The third kappa shape index (κ3) is 5.89. The Hall–Kier alpha value is -3.70. The lowest BCUT2D eigenvalue weighted by molar-refractivity contribution is -0.192. The maximum Gasteiger partial charge on any atom is 0.490 e. The van der Waals surface area contributed by atoms with Crippen molar-refractivity contribution in [2.75, 3.05) is 36.5 Å². The van der Waals surface area contributed by atoms with Gasteiger partial charge in [-0.25, -0.2) is 4.79 Å². The summed E-state index contributed by atoms with van der Waals surface area (Å²) in [4.78, 5) is 26.1. The average Bonchev–Trinajstić information content (AvgIpc) is 3.51. The minimum absolute atomic E-state index is 0.0298. The molecule has 0 radical (unpaired) electrons. The molecule has 1 amide bonds. The van der Waals surface area contributed by atoms with Crippen LogP contribution in [-0.4, -0.2) is 65.7 Å². The van der Waals surface area contributed by atoms with E-state index in [2.05, 4.69) is 4.90 Å². The molecule has 2 aliphatic rings. The van der Waals surface area contributed by atoms with E-state index < -0.39 is 12.1 Å². The summed E-state index contributed by atoms with van der Waals surface area (Å²) >= 11 is 6.00. The Morgan fingerprint density at radius 2 is 1.74 bits per heavy atom. The Morgan fingerprint density at radius 1 is 1.05 bits per heavy atom. The summed E-state index contributed by atoms with van der Waals surface area (Å²) in [6, 6.07) is 15.4. The number of hydrogen-bond acceptors (Lipinski definition) is 5. The van der Waals surface area contributed by atoms with Gasteiger partial charge >= 0.3 is 12.1 Å². The minimum atomic E-state index is -5.08. The van der Waals surface area contributed by atoms with Crippen molar-refractivity contribution in [2.45, 2.75) is 25.2 Å². The molecule has 2 aliphatic heterocycles. The van der Waals surface area contributed by atoms with Crippen molar-refractivity contribution in [3.05, 3.63) is 65.4 Å². The number of anilines is 2. The Labute approximate surface area is 221 Å². The SMILES string of the molecule is COc1cc(N2CCn3cc(-c4ccc(Cl)cc4)cc3C2=O)ccc1N1CC[C@@H](O)C1.O=C(O)C(F)(F)F. The molecule has 1 saturated heterocycles. The topological polar surface area (TPSA) is 95.2 Å². The maximum atomic E-state index is 13.3. The molecular formula is C26H25ClF3N3O5. The molecule has 0 spiro atoms. The predicted molar refractivity (Wildman–Crippen MR) is 136 cm³/mol. The standard InChI is InChI=1S/C24H24ClN3O3.C2HF3O2/c1-31-23-13-19(6-7-21(23)26-9-8-20(29)15-26)28-11-10-27-14-17(12-22(27)24(28)30)16-2-4-18(25)5-3-16;3-2(4,5)1(6)7/h2-7,12-14,20,29H,8-11,15H2,1H3;(H,6,7)/t20-;/m1./s1. The quantitative estimate of drug-likeness (QED) is 0.489. The molecule has 0 saturated carbocycles. The van der Waals surface area contributed by atoms with Gasteiger partial charge < -0.3 is 29.3 Å². The maximum absolute atomic E-state index is 13.3. The van der Waals surface area contributed by atoms with E-state index in [9.17, 15) is 23.1 Å². The number of rotatable bonds is 4. The molecule has 2 aromatic carbocycles. The molecule has 12 heteroatoms. The third-order valence-electron chi connectivity index (χ3n) is 6.32. The second-order valence-electron chi connectivity index (χ2n) is 8.82. The number of carboxylic acid groups (broad SMARTS) is 1. The molecule has 0 bridgehead atoms. The van der Waals surface area contributed by atoms with Crippen molar-refractivity contribution in [3.8, 4) is 16.9 Å². The predicted octanol–water partition coefficient (Wildman–Crippen LogP) is 4.68. The molecule has 1 fully saturated rings. The first-order valence-electron chi connectivity index (χ1n) is 11.7. The van der Waals surface area contributed by atoms with Crippen LogP contribution in [0.4, 0.5) is 24.5 Å². The number of carbonyl (C=O) groups is 2. The number of nitrogens with zero attached hydrogens (tertiary/aromatic N) is 3. The zero-order chi connectivity index (χ0) is 27.6. The molecule has 0 aliphatic carbocycles. The van der Waals surface area contributed by atoms with Crippen LogP contribution in [-0.2, 0) is 11.3 Å². The molecule has 0 unspecified atom stereocenters. The van der Waals surface area contributed by atoms with Gasteiger partial charge in [-0.3, -0.25) is 4.79 Å². The fourth-order valence-corrected chi connectivity index (χ4v) is 4.55. The summed E-state index contributed by atoms with van der Waals surface area (Å²) in [7, 11) is 1.64. The highest BCUT2D eigenvalue weighted by atomic mass is 35.5. The summed E-state index contributed by atoms with van der Waals surface area (Å²) < 4.78 is 39.4. The van der Waals surface area contributed by atoms with E-state index in [0.29, 0.717) is 29.6 Å². The van der Waals surface area contributed by atoms with Gasteiger partial charge in [-0.15, -0.1) is 0 Å². The first-order chi connectivity index (χ1) is 18.0. The van der Waals surface area contributed by atoms with Gasteiger partial charge in [0.15, 0.2) is 0 Å². The number of hydrogen-bond donors (Lipinski definition) is 2. The number of aliphatic hydroxyl groups is 1. The lowest BCUT2D eigenvalue weighted by Gasteiger charge is -2.29. The van der Waals surface area contributed by atoms with Gasteiger partial charge in [0, 0.05) is 54.7 Å². The van der Waals surface area contributed by atoms with E-state index in [4.69, 9.17) is 26.2 Å². The molecule has 5 rings (SSSR count). The molecule has 1 aromatic heterocycles. The smallest absolute Gasteiger partial charge is 0.490 e. The van der Waals surface area contributed by atoms with Gasteiger partial charge in [-0.2, -0.15) is 13.2 Å². The summed E-state index contributed by atoms with van der Waals surface area (Å²) in [6.45, 7) is 2.70. The van der Waals surface area contributed by atoms with Crippen LogP contribution in [0.5, 0.6) is 5.75 Å². The van der Waals surface area contributed by atoms with Crippen molar-refractivity contribution in [3.63, 3.8) is 0 Å². The fraction of sp³-hybridized carbons (Fsp3) is 0.308. The summed E-state index contributed by atoms with van der Waals surface area (Å²) in [5.74, 6) is -2.08. The fourth-order valence-electron chi connectivity index (χ4n) is 4.42. The third-order valence-corrected chi connectivity index (χ3v) is 6.58. The molecule has 2 N–H and O–H groups in total. The first-order valence-corrected chi connectivity index (χ1v) is 12.0. The number of amides is 1. The largest absolute Gasteiger partial charge is 0.495 e. The number of halogens is 4. The lowest BCUT2D eigenvalue weighted by Crippen LogP contribution is -2.39.